The van der Waals surface area contributed by atoms with Crippen molar-refractivity contribution in [3.63, 3.8) is 0 Å². The smallest absolute Gasteiger partial charge is 0.164 e. The second-order valence-corrected chi connectivity index (χ2v) is 4.05. The van der Waals surface area contributed by atoms with Crippen molar-refractivity contribution in [2.75, 3.05) is 0 Å². The van der Waals surface area contributed by atoms with Gasteiger partial charge in [0.2, 0.25) is 0 Å². The molecule has 0 spiro atoms. The molecule has 0 aromatic heterocycles. The highest BCUT2D eigenvalue weighted by Crippen LogP contribution is 2.16. The zero-order valence-electron chi connectivity index (χ0n) is 6.83. The Kier molecular flexibility index (Phi) is 3.33. The van der Waals surface area contributed by atoms with Gasteiger partial charge in [0, 0.05) is 0 Å². The van der Waals surface area contributed by atoms with Crippen molar-refractivity contribution in [2.45, 2.75) is 18.9 Å². The van der Waals surface area contributed by atoms with Gasteiger partial charge < -0.3 is 4.80 Å². The van der Waals surface area contributed by atoms with Gasteiger partial charge in [-0.15, -0.1) is 0 Å². The lowest BCUT2D eigenvalue weighted by Gasteiger charge is -2.09. The first kappa shape index (κ1) is 8.49. The minimum absolute atomic E-state index is 0.455. The monoisotopic (exact) mass is 166 g/mol. The zero-order chi connectivity index (χ0) is 8.10. The molecule has 0 fully saturated rings. The summed E-state index contributed by atoms with van der Waals surface area (Å²) in [5.74, 6) is 0. The lowest BCUT2D eigenvalue weighted by molar-refractivity contribution is 0.577. The molecule has 0 saturated carbocycles. The molecule has 1 aromatic rings. The van der Waals surface area contributed by atoms with Crippen LogP contribution in [0.4, 0.5) is 0 Å². The van der Waals surface area contributed by atoms with Gasteiger partial charge in [-0.1, -0.05) is 43.7 Å². The van der Waals surface area contributed by atoms with E-state index in [4.69, 9.17) is 4.80 Å². The maximum Gasteiger partial charge on any atom is 0.164 e. The third-order valence-electron chi connectivity index (χ3n) is 1.98. The zero-order valence-corrected chi connectivity index (χ0v) is 8.24. The lowest BCUT2D eigenvalue weighted by Crippen LogP contribution is -2.05. The fourth-order valence-electron chi connectivity index (χ4n) is 1.20. The SMILES string of the molecule is CCC([SiH2]O)c1ccccc1. The maximum absolute atomic E-state index is 9.12. The number of benzene rings is 1. The quantitative estimate of drug-likeness (QED) is 0.669. The van der Waals surface area contributed by atoms with E-state index in [9.17, 15) is 0 Å². The summed E-state index contributed by atoms with van der Waals surface area (Å²) in [6.07, 6.45) is 1.06. The van der Waals surface area contributed by atoms with Crippen LogP contribution in [-0.4, -0.2) is 14.6 Å². The Bertz CT molecular complexity index is 194. The van der Waals surface area contributed by atoms with Gasteiger partial charge in [-0.05, 0) is 11.1 Å². The molecule has 1 N–H and O–H groups in total. The molecular weight excluding hydrogens is 152 g/mol. The Morgan fingerprint density at radius 1 is 1.36 bits per heavy atom. The molecule has 0 aliphatic carbocycles. The predicted molar refractivity (Wildman–Crippen MR) is 50.2 cm³/mol. The molecule has 60 valence electrons. The molecule has 1 atom stereocenters. The number of rotatable bonds is 3. The topological polar surface area (TPSA) is 20.2 Å². The minimum Gasteiger partial charge on any atom is -0.438 e. The fourth-order valence-corrected chi connectivity index (χ4v) is 1.94. The normalized spacial score (nSPS) is 14.0. The predicted octanol–water partition coefficient (Wildman–Crippen LogP) is 1.21. The first-order chi connectivity index (χ1) is 5.38. The van der Waals surface area contributed by atoms with Crippen molar-refractivity contribution in [1.82, 2.24) is 0 Å². The molecule has 0 saturated heterocycles. The first-order valence-electron chi connectivity index (χ1n) is 4.04. The van der Waals surface area contributed by atoms with Crippen molar-refractivity contribution in [2.24, 2.45) is 0 Å². The summed E-state index contributed by atoms with van der Waals surface area (Å²) in [6, 6.07) is 10.3. The van der Waals surface area contributed by atoms with Crippen LogP contribution in [0.3, 0.4) is 0 Å². The van der Waals surface area contributed by atoms with Crippen molar-refractivity contribution < 1.29 is 4.80 Å². The van der Waals surface area contributed by atoms with Gasteiger partial charge >= 0.3 is 0 Å². The van der Waals surface area contributed by atoms with E-state index >= 15 is 0 Å². The Balaban J connectivity index is 2.74. The molecule has 1 aromatic carbocycles. The molecule has 11 heavy (non-hydrogen) atoms. The van der Waals surface area contributed by atoms with Crippen LogP contribution in [0, 0.1) is 0 Å². The van der Waals surface area contributed by atoms with Crippen LogP contribution in [-0.2, 0) is 0 Å². The van der Waals surface area contributed by atoms with Crippen LogP contribution in [0.5, 0.6) is 0 Å². The fraction of sp³-hybridized carbons (Fsp3) is 0.333. The summed E-state index contributed by atoms with van der Waals surface area (Å²) in [6.45, 7) is 2.13. The van der Waals surface area contributed by atoms with Crippen molar-refractivity contribution >= 4 is 9.76 Å². The Hall–Kier alpha value is -0.603. The summed E-state index contributed by atoms with van der Waals surface area (Å²) in [5, 5.41) is 0. The van der Waals surface area contributed by atoms with Crippen LogP contribution in [0.2, 0.25) is 0 Å². The standard InChI is InChI=1S/C9H14OSi/c1-2-9(11-10)8-6-4-3-5-7-8/h3-7,9-10H,2,11H2,1H3. The summed E-state index contributed by atoms with van der Waals surface area (Å²) in [5.41, 5.74) is 1.75. The number of hydrogen-bond donors (Lipinski definition) is 1. The van der Waals surface area contributed by atoms with E-state index in [0.717, 1.165) is 6.42 Å². The molecule has 1 nitrogen and oxygen atoms in total. The summed E-state index contributed by atoms with van der Waals surface area (Å²) < 4.78 is 0. The highest BCUT2D eigenvalue weighted by molar-refractivity contribution is 6.28. The van der Waals surface area contributed by atoms with E-state index in [1.807, 2.05) is 18.2 Å². The molecule has 0 bridgehead atoms. The van der Waals surface area contributed by atoms with E-state index in [1.54, 1.807) is 0 Å². The van der Waals surface area contributed by atoms with Gasteiger partial charge in [-0.25, -0.2) is 0 Å². The molecule has 0 aliphatic heterocycles. The second-order valence-electron chi connectivity index (χ2n) is 2.70. The third-order valence-corrected chi connectivity index (χ3v) is 3.47. The van der Waals surface area contributed by atoms with E-state index < -0.39 is 9.76 Å². The van der Waals surface area contributed by atoms with Crippen molar-refractivity contribution in [1.29, 1.82) is 0 Å². The lowest BCUT2D eigenvalue weighted by atomic mass is 10.1. The van der Waals surface area contributed by atoms with Crippen LogP contribution in [0.15, 0.2) is 30.3 Å². The van der Waals surface area contributed by atoms with Gasteiger partial charge in [0.1, 0.15) is 0 Å². The van der Waals surface area contributed by atoms with E-state index in [2.05, 4.69) is 19.1 Å². The molecule has 0 aliphatic rings. The average molecular weight is 166 g/mol. The molecule has 1 rings (SSSR count). The highest BCUT2D eigenvalue weighted by Gasteiger charge is 2.06. The minimum atomic E-state index is -0.870. The third kappa shape index (κ3) is 2.17. The molecule has 0 radical (unpaired) electrons. The second kappa shape index (κ2) is 4.31. The van der Waals surface area contributed by atoms with E-state index in [1.165, 1.54) is 5.56 Å². The summed E-state index contributed by atoms with van der Waals surface area (Å²) in [4.78, 5) is 9.12. The average Bonchev–Trinajstić information content (AvgIpc) is 2.09. The largest absolute Gasteiger partial charge is 0.438 e. The van der Waals surface area contributed by atoms with E-state index in [0.29, 0.717) is 5.54 Å². The molecule has 0 amide bonds. The molecule has 2 heteroatoms. The van der Waals surface area contributed by atoms with Crippen LogP contribution < -0.4 is 0 Å². The van der Waals surface area contributed by atoms with Gasteiger partial charge in [0.25, 0.3) is 0 Å². The Morgan fingerprint density at radius 3 is 2.45 bits per heavy atom. The number of hydrogen-bond acceptors (Lipinski definition) is 1. The van der Waals surface area contributed by atoms with Gasteiger partial charge in [0.05, 0.1) is 0 Å². The van der Waals surface area contributed by atoms with Crippen molar-refractivity contribution in [3.8, 4) is 0 Å². The summed E-state index contributed by atoms with van der Waals surface area (Å²) in [7, 11) is -0.870. The van der Waals surface area contributed by atoms with Gasteiger partial charge in [0.15, 0.2) is 9.76 Å². The Labute approximate surface area is 70.0 Å². The molecule has 0 heterocycles. The van der Waals surface area contributed by atoms with E-state index in [-0.39, 0.29) is 0 Å². The van der Waals surface area contributed by atoms with Crippen LogP contribution in [0.25, 0.3) is 0 Å². The molecule has 1 unspecified atom stereocenters. The van der Waals surface area contributed by atoms with Crippen LogP contribution >= 0.6 is 0 Å². The molecular formula is C9H14OSi. The van der Waals surface area contributed by atoms with Gasteiger partial charge in [-0.2, -0.15) is 0 Å². The Morgan fingerprint density at radius 2 is 2.00 bits per heavy atom. The highest BCUT2D eigenvalue weighted by atomic mass is 28.2. The first-order valence-corrected chi connectivity index (χ1v) is 5.49. The van der Waals surface area contributed by atoms with Crippen LogP contribution in [0.1, 0.15) is 24.4 Å². The summed E-state index contributed by atoms with van der Waals surface area (Å²) >= 11 is 0. The van der Waals surface area contributed by atoms with Gasteiger partial charge in [-0.3, -0.25) is 0 Å². The van der Waals surface area contributed by atoms with Crippen molar-refractivity contribution in [3.05, 3.63) is 35.9 Å². The maximum atomic E-state index is 9.12.